The smallest absolute Gasteiger partial charge is 0.135 e. The molecular weight excluding hydrogens is 599 g/mol. The number of anilines is 3. The molecule has 0 radical (unpaired) electrons. The number of furan rings is 2. The molecule has 0 aliphatic rings. The SMILES string of the molecule is c1ccc(N(c2ccc(-c3ccc4ccccc4c3)cc2)c2ccc3oc4ccccc4c3c2)c(-c2ccc3oc4ccccc4c3c2)c1. The molecule has 0 bridgehead atoms. The molecule has 10 rings (SSSR count). The topological polar surface area (TPSA) is 29.5 Å². The fourth-order valence-electron chi connectivity index (χ4n) is 7.26. The molecule has 8 aromatic carbocycles. The van der Waals surface area contributed by atoms with Crippen molar-refractivity contribution in [1.82, 2.24) is 0 Å². The van der Waals surface area contributed by atoms with Crippen molar-refractivity contribution in [3.8, 4) is 22.3 Å². The van der Waals surface area contributed by atoms with Crippen molar-refractivity contribution in [3.63, 3.8) is 0 Å². The van der Waals surface area contributed by atoms with Gasteiger partial charge in [0.2, 0.25) is 0 Å². The molecule has 3 nitrogen and oxygen atoms in total. The first-order chi connectivity index (χ1) is 24.3. The number of hydrogen-bond acceptors (Lipinski definition) is 3. The van der Waals surface area contributed by atoms with Crippen LogP contribution in [0.1, 0.15) is 0 Å². The van der Waals surface area contributed by atoms with Gasteiger partial charge in [-0.3, -0.25) is 0 Å². The maximum Gasteiger partial charge on any atom is 0.135 e. The normalized spacial score (nSPS) is 11.7. The van der Waals surface area contributed by atoms with Crippen LogP contribution < -0.4 is 4.90 Å². The van der Waals surface area contributed by atoms with Crippen molar-refractivity contribution in [3.05, 3.63) is 176 Å². The Morgan fingerprint density at radius 2 is 0.878 bits per heavy atom. The largest absolute Gasteiger partial charge is 0.456 e. The molecule has 0 atom stereocenters. The lowest BCUT2D eigenvalue weighted by Gasteiger charge is -2.28. The lowest BCUT2D eigenvalue weighted by Crippen LogP contribution is -2.11. The molecule has 0 saturated carbocycles. The minimum Gasteiger partial charge on any atom is -0.456 e. The monoisotopic (exact) mass is 627 g/mol. The molecule has 2 heterocycles. The highest BCUT2D eigenvalue weighted by Gasteiger charge is 2.20. The highest BCUT2D eigenvalue weighted by molar-refractivity contribution is 6.08. The molecule has 0 N–H and O–H groups in total. The van der Waals surface area contributed by atoms with Gasteiger partial charge in [-0.05, 0) is 94.2 Å². The molecule has 0 saturated heterocycles. The van der Waals surface area contributed by atoms with Gasteiger partial charge in [-0.25, -0.2) is 0 Å². The van der Waals surface area contributed by atoms with Crippen LogP contribution in [-0.2, 0) is 0 Å². The van der Waals surface area contributed by atoms with E-state index in [1.54, 1.807) is 0 Å². The van der Waals surface area contributed by atoms with Gasteiger partial charge in [0.05, 0.1) is 5.69 Å². The third kappa shape index (κ3) is 4.59. The first kappa shape index (κ1) is 27.5. The lowest BCUT2D eigenvalue weighted by molar-refractivity contribution is 0.668. The minimum absolute atomic E-state index is 0.877. The van der Waals surface area contributed by atoms with E-state index in [1.807, 2.05) is 24.3 Å². The first-order valence-electron chi connectivity index (χ1n) is 16.6. The molecule has 0 fully saturated rings. The van der Waals surface area contributed by atoms with Gasteiger partial charge in [0.25, 0.3) is 0 Å². The Kier molecular flexibility index (Phi) is 6.18. The molecule has 230 valence electrons. The summed E-state index contributed by atoms with van der Waals surface area (Å²) < 4.78 is 12.4. The van der Waals surface area contributed by atoms with Gasteiger partial charge in [0, 0.05) is 38.5 Å². The average molecular weight is 628 g/mol. The maximum atomic E-state index is 6.23. The summed E-state index contributed by atoms with van der Waals surface area (Å²) in [5.74, 6) is 0. The van der Waals surface area contributed by atoms with E-state index in [-0.39, 0.29) is 0 Å². The fraction of sp³-hybridized carbons (Fsp3) is 0. The summed E-state index contributed by atoms with van der Waals surface area (Å²) in [5, 5.41) is 6.92. The molecule has 10 aromatic rings. The summed E-state index contributed by atoms with van der Waals surface area (Å²) in [6, 6.07) is 62.3. The zero-order valence-electron chi connectivity index (χ0n) is 26.5. The van der Waals surface area contributed by atoms with Gasteiger partial charge in [0.1, 0.15) is 22.3 Å². The average Bonchev–Trinajstić information content (AvgIpc) is 3.73. The van der Waals surface area contributed by atoms with Gasteiger partial charge >= 0.3 is 0 Å². The Morgan fingerprint density at radius 1 is 0.327 bits per heavy atom. The van der Waals surface area contributed by atoms with E-state index in [9.17, 15) is 0 Å². The second kappa shape index (κ2) is 11.0. The van der Waals surface area contributed by atoms with Crippen LogP contribution in [0.2, 0.25) is 0 Å². The van der Waals surface area contributed by atoms with E-state index in [0.29, 0.717) is 0 Å². The third-order valence-corrected chi connectivity index (χ3v) is 9.66. The standard InChI is InChI=1S/C46H29NO2/c1-2-10-32-27-33(18-17-30(32)9-1)31-19-22-35(23-20-31)47(36-24-26-46-41(29-36)39-13-5-8-16-44(39)49-46)42-14-6-3-11-37(42)34-21-25-45-40(28-34)38-12-4-7-15-43(38)48-45/h1-29H. The minimum atomic E-state index is 0.877. The quantitative estimate of drug-likeness (QED) is 0.190. The molecule has 49 heavy (non-hydrogen) atoms. The van der Waals surface area contributed by atoms with Gasteiger partial charge < -0.3 is 13.7 Å². The zero-order chi connectivity index (χ0) is 32.3. The van der Waals surface area contributed by atoms with Gasteiger partial charge in [-0.15, -0.1) is 0 Å². The van der Waals surface area contributed by atoms with Gasteiger partial charge in [-0.2, -0.15) is 0 Å². The van der Waals surface area contributed by atoms with E-state index in [4.69, 9.17) is 8.83 Å². The van der Waals surface area contributed by atoms with E-state index >= 15 is 0 Å². The second-order valence-corrected chi connectivity index (χ2v) is 12.5. The number of nitrogens with zero attached hydrogens (tertiary/aromatic N) is 1. The van der Waals surface area contributed by atoms with Crippen LogP contribution in [0.3, 0.4) is 0 Å². The molecule has 0 aliphatic heterocycles. The summed E-state index contributed by atoms with van der Waals surface area (Å²) >= 11 is 0. The molecule has 3 heteroatoms. The number of para-hydroxylation sites is 3. The Bertz CT molecular complexity index is 2840. The molecule has 0 amide bonds. The summed E-state index contributed by atoms with van der Waals surface area (Å²) in [4.78, 5) is 2.36. The predicted molar refractivity (Wildman–Crippen MR) is 204 cm³/mol. The summed E-state index contributed by atoms with van der Waals surface area (Å²) in [6.45, 7) is 0. The molecule has 0 unspecified atom stereocenters. The van der Waals surface area contributed by atoms with Gasteiger partial charge in [0.15, 0.2) is 0 Å². The summed E-state index contributed by atoms with van der Waals surface area (Å²) in [6.07, 6.45) is 0. The van der Waals surface area contributed by atoms with Crippen molar-refractivity contribution < 1.29 is 8.83 Å². The second-order valence-electron chi connectivity index (χ2n) is 12.5. The van der Waals surface area contributed by atoms with Crippen LogP contribution in [-0.4, -0.2) is 0 Å². The van der Waals surface area contributed by atoms with E-state index in [0.717, 1.165) is 72.1 Å². The summed E-state index contributed by atoms with van der Waals surface area (Å²) in [5.41, 5.74) is 11.4. The molecule has 2 aromatic heterocycles. The molecular formula is C46H29NO2. The third-order valence-electron chi connectivity index (χ3n) is 9.66. The van der Waals surface area contributed by atoms with Crippen molar-refractivity contribution in [1.29, 1.82) is 0 Å². The van der Waals surface area contributed by atoms with Crippen LogP contribution in [0.4, 0.5) is 17.1 Å². The number of rotatable bonds is 5. The predicted octanol–water partition coefficient (Wildman–Crippen LogP) is 13.4. The van der Waals surface area contributed by atoms with Crippen LogP contribution >= 0.6 is 0 Å². The molecule has 0 spiro atoms. The maximum absolute atomic E-state index is 6.23. The van der Waals surface area contributed by atoms with Crippen molar-refractivity contribution in [2.24, 2.45) is 0 Å². The van der Waals surface area contributed by atoms with Crippen molar-refractivity contribution >= 4 is 71.7 Å². The highest BCUT2D eigenvalue weighted by atomic mass is 16.3. The summed E-state index contributed by atoms with van der Waals surface area (Å²) in [7, 11) is 0. The van der Waals surface area contributed by atoms with Crippen molar-refractivity contribution in [2.45, 2.75) is 0 Å². The van der Waals surface area contributed by atoms with Crippen LogP contribution in [0.25, 0.3) is 76.9 Å². The van der Waals surface area contributed by atoms with E-state index < -0.39 is 0 Å². The Balaban J connectivity index is 1.15. The van der Waals surface area contributed by atoms with Gasteiger partial charge in [-0.1, -0.05) is 109 Å². The van der Waals surface area contributed by atoms with Crippen LogP contribution in [0.5, 0.6) is 0 Å². The van der Waals surface area contributed by atoms with E-state index in [1.165, 1.54) is 21.9 Å². The van der Waals surface area contributed by atoms with E-state index in [2.05, 4.69) is 157 Å². The first-order valence-corrected chi connectivity index (χ1v) is 16.6. The Morgan fingerprint density at radius 3 is 1.65 bits per heavy atom. The number of hydrogen-bond donors (Lipinski definition) is 0. The lowest BCUT2D eigenvalue weighted by atomic mass is 9.98. The Hall–Kier alpha value is -6.58. The highest BCUT2D eigenvalue weighted by Crippen LogP contribution is 2.44. The number of benzene rings is 8. The Labute approximate surface area is 282 Å². The van der Waals surface area contributed by atoms with Crippen LogP contribution in [0, 0.1) is 0 Å². The fourth-order valence-corrected chi connectivity index (χ4v) is 7.26. The zero-order valence-corrected chi connectivity index (χ0v) is 26.5. The number of fused-ring (bicyclic) bond motifs is 7. The van der Waals surface area contributed by atoms with Crippen LogP contribution in [0.15, 0.2) is 185 Å². The molecule has 0 aliphatic carbocycles. The van der Waals surface area contributed by atoms with Crippen molar-refractivity contribution in [2.75, 3.05) is 4.90 Å².